The number of nitrogens with zero attached hydrogens (tertiary/aromatic N) is 5. The molecule has 0 radical (unpaired) electrons. The maximum Gasteiger partial charge on any atom is 0.208 e. The van der Waals surface area contributed by atoms with E-state index in [1.807, 2.05) is 26.0 Å². The van der Waals surface area contributed by atoms with Gasteiger partial charge >= 0.3 is 0 Å². The molecule has 4 rings (SSSR count). The van der Waals surface area contributed by atoms with Gasteiger partial charge in [0, 0.05) is 17.6 Å². The lowest BCUT2D eigenvalue weighted by Crippen LogP contribution is -2.37. The van der Waals surface area contributed by atoms with Gasteiger partial charge in [-0.2, -0.15) is 4.98 Å². The summed E-state index contributed by atoms with van der Waals surface area (Å²) in [5.74, 6) is 0.720. The number of morpholine rings is 1. The SMILES string of the molecule is Cc1cc(Br)cc(C)c1-n1nc2nc(N3CCOCC3)[nH]c(=S)c2n1. The molecule has 3 aromatic rings. The van der Waals surface area contributed by atoms with Gasteiger partial charge < -0.3 is 14.6 Å². The molecule has 0 atom stereocenters. The Labute approximate surface area is 158 Å². The molecule has 1 saturated heterocycles. The van der Waals surface area contributed by atoms with Crippen LogP contribution in [0.2, 0.25) is 0 Å². The Morgan fingerprint density at radius 3 is 2.52 bits per heavy atom. The zero-order valence-electron chi connectivity index (χ0n) is 13.9. The Bertz CT molecular complexity index is 985. The van der Waals surface area contributed by atoms with E-state index in [1.165, 1.54) is 0 Å². The van der Waals surface area contributed by atoms with Gasteiger partial charge in [0.25, 0.3) is 0 Å². The summed E-state index contributed by atoms with van der Waals surface area (Å²) in [6.07, 6.45) is 0. The van der Waals surface area contributed by atoms with Gasteiger partial charge in [0.1, 0.15) is 4.64 Å². The zero-order valence-corrected chi connectivity index (χ0v) is 16.3. The van der Waals surface area contributed by atoms with E-state index in [1.54, 1.807) is 4.80 Å². The van der Waals surface area contributed by atoms with Crippen LogP contribution in [0.4, 0.5) is 5.95 Å². The minimum atomic E-state index is 0.546. The summed E-state index contributed by atoms with van der Waals surface area (Å²) < 4.78 is 6.97. The molecule has 1 N–H and O–H groups in total. The van der Waals surface area contributed by atoms with Gasteiger partial charge in [0.2, 0.25) is 11.6 Å². The van der Waals surface area contributed by atoms with Gasteiger partial charge in [-0.3, -0.25) is 0 Å². The first kappa shape index (κ1) is 16.6. The van der Waals surface area contributed by atoms with E-state index in [0.29, 0.717) is 29.0 Å². The summed E-state index contributed by atoms with van der Waals surface area (Å²) in [5, 5.41) is 9.15. The predicted molar refractivity (Wildman–Crippen MR) is 102 cm³/mol. The predicted octanol–water partition coefficient (Wildman–Crippen LogP) is 3.09. The maximum atomic E-state index is 5.48. The third-order valence-corrected chi connectivity index (χ3v) is 4.97. The highest BCUT2D eigenvalue weighted by Gasteiger charge is 2.17. The standard InChI is InChI=1S/C16H17BrN6OS/c1-9-7-11(17)8-10(2)13(9)23-20-12-14(21-23)18-16(19-15(12)25)22-3-5-24-6-4-22/h7-8H,3-6H2,1-2H3,(H,18,19,21,25). The van der Waals surface area contributed by atoms with Crippen molar-refractivity contribution in [3.63, 3.8) is 0 Å². The Hall–Kier alpha value is -1.84. The van der Waals surface area contributed by atoms with Gasteiger partial charge in [-0.15, -0.1) is 15.0 Å². The highest BCUT2D eigenvalue weighted by atomic mass is 79.9. The van der Waals surface area contributed by atoms with Crippen molar-refractivity contribution in [2.45, 2.75) is 13.8 Å². The Kier molecular flexibility index (Phi) is 4.30. The van der Waals surface area contributed by atoms with Crippen LogP contribution in [0, 0.1) is 18.5 Å². The van der Waals surface area contributed by atoms with E-state index in [2.05, 4.69) is 41.0 Å². The monoisotopic (exact) mass is 420 g/mol. The molecular formula is C16H17BrN6OS. The Balaban J connectivity index is 1.83. The lowest BCUT2D eigenvalue weighted by Gasteiger charge is -2.26. The summed E-state index contributed by atoms with van der Waals surface area (Å²) in [6.45, 7) is 7.00. The van der Waals surface area contributed by atoms with Crippen LogP contribution >= 0.6 is 28.1 Å². The van der Waals surface area contributed by atoms with Crippen LogP contribution in [-0.4, -0.2) is 51.3 Å². The van der Waals surface area contributed by atoms with Gasteiger partial charge in [-0.05, 0) is 37.1 Å². The lowest BCUT2D eigenvalue weighted by atomic mass is 10.1. The number of benzene rings is 1. The minimum Gasteiger partial charge on any atom is -0.378 e. The molecule has 1 aliphatic rings. The van der Waals surface area contributed by atoms with Gasteiger partial charge in [0.15, 0.2) is 5.52 Å². The molecule has 2 aromatic heterocycles. The number of anilines is 1. The maximum absolute atomic E-state index is 5.48. The van der Waals surface area contributed by atoms with Crippen LogP contribution in [0.15, 0.2) is 16.6 Å². The topological polar surface area (TPSA) is 71.9 Å². The molecule has 7 nitrogen and oxygen atoms in total. The number of hydrogen-bond acceptors (Lipinski definition) is 6. The number of halogens is 1. The van der Waals surface area contributed by atoms with Crippen LogP contribution in [-0.2, 0) is 4.74 Å². The molecule has 25 heavy (non-hydrogen) atoms. The molecule has 9 heteroatoms. The largest absolute Gasteiger partial charge is 0.378 e. The van der Waals surface area contributed by atoms with Crippen molar-refractivity contribution in [2.75, 3.05) is 31.2 Å². The van der Waals surface area contributed by atoms with Crippen molar-refractivity contribution in [1.82, 2.24) is 25.0 Å². The molecule has 1 aliphatic heterocycles. The van der Waals surface area contributed by atoms with Gasteiger partial charge in [-0.25, -0.2) is 0 Å². The number of aromatic nitrogens is 5. The Morgan fingerprint density at radius 1 is 1.16 bits per heavy atom. The summed E-state index contributed by atoms with van der Waals surface area (Å²) in [7, 11) is 0. The van der Waals surface area contributed by atoms with Crippen molar-refractivity contribution < 1.29 is 4.74 Å². The van der Waals surface area contributed by atoms with E-state index < -0.39 is 0 Å². The number of aryl methyl sites for hydroxylation is 2. The van der Waals surface area contributed by atoms with Crippen molar-refractivity contribution >= 4 is 45.3 Å². The van der Waals surface area contributed by atoms with Gasteiger partial charge in [-0.1, -0.05) is 28.1 Å². The highest BCUT2D eigenvalue weighted by molar-refractivity contribution is 9.10. The molecule has 130 valence electrons. The fourth-order valence-electron chi connectivity index (χ4n) is 3.05. The summed E-state index contributed by atoms with van der Waals surface area (Å²) in [6, 6.07) is 4.09. The molecule has 0 bridgehead atoms. The molecule has 0 saturated carbocycles. The number of rotatable bonds is 2. The van der Waals surface area contributed by atoms with Crippen LogP contribution in [0.1, 0.15) is 11.1 Å². The van der Waals surface area contributed by atoms with Crippen LogP contribution < -0.4 is 4.90 Å². The number of nitrogens with one attached hydrogen (secondary N) is 1. The van der Waals surface area contributed by atoms with Crippen LogP contribution in [0.5, 0.6) is 0 Å². The molecular weight excluding hydrogens is 404 g/mol. The third-order valence-electron chi connectivity index (χ3n) is 4.21. The van der Waals surface area contributed by atoms with E-state index in [9.17, 15) is 0 Å². The van der Waals surface area contributed by atoms with E-state index in [-0.39, 0.29) is 0 Å². The molecule has 3 heterocycles. The quantitative estimate of drug-likeness (QED) is 0.642. The highest BCUT2D eigenvalue weighted by Crippen LogP contribution is 2.24. The average Bonchev–Trinajstić information content (AvgIpc) is 2.99. The molecule has 1 fully saturated rings. The fourth-order valence-corrected chi connectivity index (χ4v) is 3.96. The van der Waals surface area contributed by atoms with Crippen molar-refractivity contribution in [3.05, 3.63) is 32.4 Å². The van der Waals surface area contributed by atoms with Crippen molar-refractivity contribution in [1.29, 1.82) is 0 Å². The number of ether oxygens (including phenoxy) is 1. The number of hydrogen-bond donors (Lipinski definition) is 1. The number of aromatic amines is 1. The van der Waals surface area contributed by atoms with Crippen LogP contribution in [0.3, 0.4) is 0 Å². The summed E-state index contributed by atoms with van der Waals surface area (Å²) in [4.78, 5) is 11.5. The van der Waals surface area contributed by atoms with Crippen LogP contribution in [0.25, 0.3) is 16.9 Å². The third kappa shape index (κ3) is 3.07. The smallest absolute Gasteiger partial charge is 0.208 e. The van der Waals surface area contributed by atoms with Gasteiger partial charge in [0.05, 0.1) is 18.9 Å². The normalized spacial score (nSPS) is 15.1. The van der Waals surface area contributed by atoms with E-state index in [4.69, 9.17) is 17.0 Å². The first-order valence-electron chi connectivity index (χ1n) is 8.00. The first-order chi connectivity index (χ1) is 12.0. The second kappa shape index (κ2) is 6.47. The van der Waals surface area contributed by atoms with E-state index in [0.717, 1.165) is 40.3 Å². The second-order valence-electron chi connectivity index (χ2n) is 6.04. The molecule has 0 amide bonds. The van der Waals surface area contributed by atoms with Crippen molar-refractivity contribution in [3.8, 4) is 5.69 Å². The van der Waals surface area contributed by atoms with E-state index >= 15 is 0 Å². The Morgan fingerprint density at radius 2 is 1.84 bits per heavy atom. The fraction of sp³-hybridized carbons (Fsp3) is 0.375. The average molecular weight is 421 g/mol. The molecule has 0 aliphatic carbocycles. The number of fused-ring (bicyclic) bond motifs is 1. The second-order valence-corrected chi connectivity index (χ2v) is 7.36. The lowest BCUT2D eigenvalue weighted by molar-refractivity contribution is 0.122. The number of H-pyrrole nitrogens is 1. The summed E-state index contributed by atoms with van der Waals surface area (Å²) in [5.41, 5.74) is 4.26. The molecule has 0 spiro atoms. The van der Waals surface area contributed by atoms with Crippen molar-refractivity contribution in [2.24, 2.45) is 0 Å². The molecule has 0 unspecified atom stereocenters. The summed E-state index contributed by atoms with van der Waals surface area (Å²) >= 11 is 9.00. The molecule has 1 aromatic carbocycles. The minimum absolute atomic E-state index is 0.546. The zero-order chi connectivity index (χ0) is 17.6. The first-order valence-corrected chi connectivity index (χ1v) is 9.20.